The SMILES string of the molecule is C(=C\c1[nH]c(-c2cccnc2)nc1-c1ccccc1)/c1ccccc1. The predicted molar refractivity (Wildman–Crippen MR) is 103 cm³/mol. The van der Waals surface area contributed by atoms with Gasteiger partial charge >= 0.3 is 0 Å². The van der Waals surface area contributed by atoms with Crippen LogP contribution in [-0.2, 0) is 0 Å². The van der Waals surface area contributed by atoms with Crippen molar-refractivity contribution >= 4 is 12.2 Å². The fourth-order valence-electron chi connectivity index (χ4n) is 2.71. The first kappa shape index (κ1) is 15.1. The van der Waals surface area contributed by atoms with Gasteiger partial charge in [-0.2, -0.15) is 0 Å². The maximum atomic E-state index is 4.82. The fraction of sp³-hybridized carbons (Fsp3) is 0. The Kier molecular flexibility index (Phi) is 4.21. The number of nitrogens with zero attached hydrogens (tertiary/aromatic N) is 2. The maximum Gasteiger partial charge on any atom is 0.140 e. The largest absolute Gasteiger partial charge is 0.338 e. The summed E-state index contributed by atoms with van der Waals surface area (Å²) in [6.45, 7) is 0. The smallest absolute Gasteiger partial charge is 0.140 e. The fourth-order valence-corrected chi connectivity index (χ4v) is 2.71. The second-order valence-corrected chi connectivity index (χ2v) is 5.70. The molecule has 2 heterocycles. The summed E-state index contributed by atoms with van der Waals surface area (Å²) < 4.78 is 0. The van der Waals surface area contributed by atoms with Crippen molar-refractivity contribution in [1.82, 2.24) is 15.0 Å². The van der Waals surface area contributed by atoms with Gasteiger partial charge in [0.2, 0.25) is 0 Å². The highest BCUT2D eigenvalue weighted by Crippen LogP contribution is 2.27. The molecule has 0 radical (unpaired) electrons. The van der Waals surface area contributed by atoms with Gasteiger partial charge in [-0.25, -0.2) is 4.98 Å². The van der Waals surface area contributed by atoms with E-state index in [1.807, 2.05) is 54.7 Å². The molecule has 3 heteroatoms. The van der Waals surface area contributed by atoms with E-state index in [4.69, 9.17) is 4.98 Å². The molecule has 2 aromatic carbocycles. The summed E-state index contributed by atoms with van der Waals surface area (Å²) in [5, 5.41) is 0. The molecule has 4 rings (SSSR count). The second-order valence-electron chi connectivity index (χ2n) is 5.70. The molecule has 0 aliphatic carbocycles. The molecule has 0 amide bonds. The van der Waals surface area contributed by atoms with Crippen LogP contribution in [0.15, 0.2) is 85.2 Å². The minimum Gasteiger partial charge on any atom is -0.338 e. The van der Waals surface area contributed by atoms with Crippen LogP contribution in [0.5, 0.6) is 0 Å². The van der Waals surface area contributed by atoms with Crippen molar-refractivity contribution in [3.05, 3.63) is 96.4 Å². The van der Waals surface area contributed by atoms with Gasteiger partial charge in [0, 0.05) is 23.5 Å². The Morgan fingerprint density at radius 2 is 1.44 bits per heavy atom. The molecule has 120 valence electrons. The Morgan fingerprint density at radius 3 is 2.16 bits per heavy atom. The van der Waals surface area contributed by atoms with Crippen molar-refractivity contribution < 1.29 is 0 Å². The van der Waals surface area contributed by atoms with Gasteiger partial charge in [0.15, 0.2) is 0 Å². The summed E-state index contributed by atoms with van der Waals surface area (Å²) in [4.78, 5) is 12.4. The molecule has 1 N–H and O–H groups in total. The van der Waals surface area contributed by atoms with Crippen LogP contribution < -0.4 is 0 Å². The molecular formula is C22H17N3. The third-order valence-electron chi connectivity index (χ3n) is 3.96. The van der Waals surface area contributed by atoms with Gasteiger partial charge in [-0.3, -0.25) is 4.98 Å². The van der Waals surface area contributed by atoms with Crippen molar-refractivity contribution in [2.24, 2.45) is 0 Å². The molecule has 0 saturated heterocycles. The van der Waals surface area contributed by atoms with E-state index in [2.05, 4.69) is 46.4 Å². The topological polar surface area (TPSA) is 41.6 Å². The maximum absolute atomic E-state index is 4.82. The molecule has 0 aliphatic heterocycles. The lowest BCUT2D eigenvalue weighted by Crippen LogP contribution is -1.81. The van der Waals surface area contributed by atoms with Crippen molar-refractivity contribution in [2.45, 2.75) is 0 Å². The number of hydrogen-bond acceptors (Lipinski definition) is 2. The first-order chi connectivity index (χ1) is 12.4. The zero-order valence-corrected chi connectivity index (χ0v) is 13.6. The monoisotopic (exact) mass is 323 g/mol. The summed E-state index contributed by atoms with van der Waals surface area (Å²) in [6.07, 6.45) is 7.75. The minimum absolute atomic E-state index is 0.819. The first-order valence-corrected chi connectivity index (χ1v) is 8.19. The summed E-state index contributed by atoms with van der Waals surface area (Å²) in [5.74, 6) is 0.819. The zero-order chi connectivity index (χ0) is 16.9. The van der Waals surface area contributed by atoms with Gasteiger partial charge in [0.05, 0.1) is 11.4 Å². The average Bonchev–Trinajstić information content (AvgIpc) is 3.13. The Balaban J connectivity index is 1.78. The molecule has 0 atom stereocenters. The van der Waals surface area contributed by atoms with Gasteiger partial charge in [-0.05, 0) is 23.8 Å². The average molecular weight is 323 g/mol. The summed E-state index contributed by atoms with van der Waals surface area (Å²) in [7, 11) is 0. The van der Waals surface area contributed by atoms with Crippen LogP contribution in [0.25, 0.3) is 34.8 Å². The standard InChI is InChI=1S/C22H17N3/c1-3-8-17(9-4-1)13-14-20-21(18-10-5-2-6-11-18)25-22(24-20)19-12-7-15-23-16-19/h1-16H,(H,24,25)/b14-13+. The lowest BCUT2D eigenvalue weighted by atomic mass is 10.1. The van der Waals surface area contributed by atoms with Crippen molar-refractivity contribution in [1.29, 1.82) is 0 Å². The molecule has 0 aliphatic rings. The van der Waals surface area contributed by atoms with Gasteiger partial charge in [-0.15, -0.1) is 0 Å². The number of aromatic amines is 1. The molecule has 0 fully saturated rings. The third kappa shape index (κ3) is 3.40. The van der Waals surface area contributed by atoms with E-state index < -0.39 is 0 Å². The normalized spacial score (nSPS) is 11.0. The van der Waals surface area contributed by atoms with Gasteiger partial charge in [0.25, 0.3) is 0 Å². The molecule has 25 heavy (non-hydrogen) atoms. The Bertz CT molecular complexity index is 972. The number of imidazole rings is 1. The van der Waals surface area contributed by atoms with E-state index >= 15 is 0 Å². The van der Waals surface area contributed by atoms with Crippen LogP contribution in [-0.4, -0.2) is 15.0 Å². The minimum atomic E-state index is 0.819. The highest BCUT2D eigenvalue weighted by Gasteiger charge is 2.11. The van der Waals surface area contributed by atoms with Gasteiger partial charge in [-0.1, -0.05) is 66.7 Å². The van der Waals surface area contributed by atoms with Crippen LogP contribution in [0.2, 0.25) is 0 Å². The number of pyridine rings is 1. The van der Waals surface area contributed by atoms with E-state index in [1.54, 1.807) is 6.20 Å². The van der Waals surface area contributed by atoms with Crippen LogP contribution in [0.3, 0.4) is 0 Å². The summed E-state index contributed by atoms with van der Waals surface area (Å²) >= 11 is 0. The number of hydrogen-bond donors (Lipinski definition) is 1. The Hall–Kier alpha value is -3.46. The van der Waals surface area contributed by atoms with Crippen LogP contribution in [0.4, 0.5) is 0 Å². The number of nitrogens with one attached hydrogen (secondary N) is 1. The Morgan fingerprint density at radius 1 is 0.720 bits per heavy atom. The van der Waals surface area contributed by atoms with Crippen molar-refractivity contribution in [3.8, 4) is 22.6 Å². The van der Waals surface area contributed by atoms with E-state index in [9.17, 15) is 0 Å². The lowest BCUT2D eigenvalue weighted by molar-refractivity contribution is 1.26. The number of H-pyrrole nitrogens is 1. The molecule has 2 aromatic heterocycles. The van der Waals surface area contributed by atoms with Crippen LogP contribution >= 0.6 is 0 Å². The lowest BCUT2D eigenvalue weighted by Gasteiger charge is -1.98. The number of rotatable bonds is 4. The quantitative estimate of drug-likeness (QED) is 0.553. The third-order valence-corrected chi connectivity index (χ3v) is 3.96. The molecule has 0 spiro atoms. The number of aromatic nitrogens is 3. The highest BCUT2D eigenvalue weighted by molar-refractivity contribution is 5.79. The van der Waals surface area contributed by atoms with Crippen LogP contribution in [0, 0.1) is 0 Å². The van der Waals surface area contributed by atoms with E-state index in [1.165, 1.54) is 0 Å². The van der Waals surface area contributed by atoms with Gasteiger partial charge in [0.1, 0.15) is 5.82 Å². The first-order valence-electron chi connectivity index (χ1n) is 8.19. The van der Waals surface area contributed by atoms with E-state index in [0.717, 1.165) is 33.9 Å². The predicted octanol–water partition coefficient (Wildman–Crippen LogP) is 5.31. The molecule has 0 saturated carbocycles. The Labute approximate surface area is 146 Å². The van der Waals surface area contributed by atoms with Crippen LogP contribution in [0.1, 0.15) is 11.3 Å². The molecule has 3 nitrogen and oxygen atoms in total. The number of benzene rings is 2. The van der Waals surface area contributed by atoms with Crippen molar-refractivity contribution in [3.63, 3.8) is 0 Å². The molecule has 0 bridgehead atoms. The molecule has 0 unspecified atom stereocenters. The molecule has 4 aromatic rings. The van der Waals surface area contributed by atoms with Gasteiger partial charge < -0.3 is 4.98 Å². The van der Waals surface area contributed by atoms with E-state index in [0.29, 0.717) is 0 Å². The summed E-state index contributed by atoms with van der Waals surface area (Å²) in [6, 6.07) is 24.4. The van der Waals surface area contributed by atoms with Crippen molar-refractivity contribution in [2.75, 3.05) is 0 Å². The second kappa shape index (κ2) is 6.97. The molecular weight excluding hydrogens is 306 g/mol. The zero-order valence-electron chi connectivity index (χ0n) is 13.6. The summed E-state index contributed by atoms with van der Waals surface area (Å²) in [5.41, 5.74) is 5.13. The highest BCUT2D eigenvalue weighted by atomic mass is 14.9. The van der Waals surface area contributed by atoms with E-state index in [-0.39, 0.29) is 0 Å².